The summed E-state index contributed by atoms with van der Waals surface area (Å²) in [6, 6.07) is 2.09. The first-order valence-electron chi connectivity index (χ1n) is 7.93. The number of aromatic nitrogens is 6. The molecule has 0 amide bonds. The van der Waals surface area contributed by atoms with E-state index in [4.69, 9.17) is 14.4 Å². The third kappa shape index (κ3) is 2.95. The fraction of sp³-hybridized carbons (Fsp3) is 0.467. The van der Waals surface area contributed by atoms with Gasteiger partial charge in [-0.05, 0) is 19.0 Å². The molecule has 9 nitrogen and oxygen atoms in total. The van der Waals surface area contributed by atoms with Crippen LogP contribution in [-0.4, -0.2) is 43.1 Å². The largest absolute Gasteiger partial charge is 0.375 e. The molecule has 0 radical (unpaired) electrons. The van der Waals surface area contributed by atoms with Crippen molar-refractivity contribution in [1.29, 1.82) is 0 Å². The molecular weight excluding hydrogens is 310 g/mol. The Hall–Kier alpha value is -2.52. The summed E-state index contributed by atoms with van der Waals surface area (Å²) in [5.74, 6) is 1.85. The summed E-state index contributed by atoms with van der Waals surface area (Å²) in [6.45, 7) is 3.57. The summed E-state index contributed by atoms with van der Waals surface area (Å²) >= 11 is 0. The number of fused-ring (bicyclic) bond motifs is 1. The Morgan fingerprint density at radius 2 is 2.38 bits per heavy atom. The Morgan fingerprint density at radius 1 is 1.42 bits per heavy atom. The monoisotopic (exact) mass is 329 g/mol. The van der Waals surface area contributed by atoms with Crippen molar-refractivity contribution >= 4 is 0 Å². The molecule has 1 aliphatic rings. The van der Waals surface area contributed by atoms with E-state index in [1.165, 1.54) is 5.69 Å². The van der Waals surface area contributed by atoms with Crippen LogP contribution in [0.2, 0.25) is 0 Å². The predicted octanol–water partition coefficient (Wildman–Crippen LogP) is 0.818. The van der Waals surface area contributed by atoms with Crippen molar-refractivity contribution in [2.24, 2.45) is 0 Å². The van der Waals surface area contributed by atoms with Gasteiger partial charge in [-0.1, -0.05) is 5.16 Å². The van der Waals surface area contributed by atoms with Crippen LogP contribution in [0.3, 0.4) is 0 Å². The van der Waals surface area contributed by atoms with Gasteiger partial charge >= 0.3 is 0 Å². The number of ether oxygens (including phenoxy) is 1. The zero-order chi connectivity index (χ0) is 16.4. The number of rotatable bonds is 5. The van der Waals surface area contributed by atoms with Crippen molar-refractivity contribution < 1.29 is 9.26 Å². The normalized spacial score (nSPS) is 14.5. The Kier molecular flexibility index (Phi) is 4.09. The molecule has 126 valence electrons. The topological polar surface area (TPSA) is 95.8 Å². The van der Waals surface area contributed by atoms with Crippen LogP contribution in [0.25, 0.3) is 11.5 Å². The van der Waals surface area contributed by atoms with E-state index in [9.17, 15) is 0 Å². The standard InChI is InChI=1S/C15H19N7O2/c1-23-10-14-18-13(20-24-14)9-21-6-4-17-15(21)12-7-11-8-16-3-2-5-22(11)19-12/h4,6-7,16H,2-3,5,8-10H2,1H3. The van der Waals surface area contributed by atoms with Gasteiger partial charge < -0.3 is 19.1 Å². The summed E-state index contributed by atoms with van der Waals surface area (Å²) in [5, 5.41) is 12.1. The first-order valence-corrected chi connectivity index (χ1v) is 7.93. The summed E-state index contributed by atoms with van der Waals surface area (Å²) in [7, 11) is 1.59. The maximum atomic E-state index is 5.13. The van der Waals surface area contributed by atoms with Crippen molar-refractivity contribution in [2.75, 3.05) is 13.7 Å². The lowest BCUT2D eigenvalue weighted by Crippen LogP contribution is -2.11. The van der Waals surface area contributed by atoms with Gasteiger partial charge in [-0.25, -0.2) is 4.98 Å². The van der Waals surface area contributed by atoms with E-state index in [2.05, 4.69) is 31.2 Å². The number of hydrogen-bond acceptors (Lipinski definition) is 7. The highest BCUT2D eigenvalue weighted by Gasteiger charge is 2.16. The molecule has 9 heteroatoms. The van der Waals surface area contributed by atoms with Crippen molar-refractivity contribution in [3.63, 3.8) is 0 Å². The van der Waals surface area contributed by atoms with Crippen LogP contribution >= 0.6 is 0 Å². The molecule has 0 atom stereocenters. The van der Waals surface area contributed by atoms with Gasteiger partial charge in [0.2, 0.25) is 0 Å². The lowest BCUT2D eigenvalue weighted by atomic mass is 10.3. The van der Waals surface area contributed by atoms with Crippen LogP contribution in [0, 0.1) is 0 Å². The second-order valence-electron chi connectivity index (χ2n) is 5.69. The van der Waals surface area contributed by atoms with Crippen molar-refractivity contribution in [3.05, 3.63) is 35.9 Å². The van der Waals surface area contributed by atoms with Crippen LogP contribution in [0.15, 0.2) is 23.0 Å². The minimum absolute atomic E-state index is 0.310. The summed E-state index contributed by atoms with van der Waals surface area (Å²) in [4.78, 5) is 8.75. The van der Waals surface area contributed by atoms with Crippen molar-refractivity contribution in [2.45, 2.75) is 32.7 Å². The average molecular weight is 329 g/mol. The van der Waals surface area contributed by atoms with E-state index < -0.39 is 0 Å². The minimum Gasteiger partial charge on any atom is -0.375 e. The molecule has 0 aromatic carbocycles. The number of imidazole rings is 1. The van der Waals surface area contributed by atoms with Gasteiger partial charge in [-0.3, -0.25) is 4.68 Å². The molecule has 0 bridgehead atoms. The van der Waals surface area contributed by atoms with E-state index in [0.717, 1.165) is 37.6 Å². The van der Waals surface area contributed by atoms with Crippen LogP contribution in [0.4, 0.5) is 0 Å². The van der Waals surface area contributed by atoms with Gasteiger partial charge in [-0.15, -0.1) is 0 Å². The molecule has 3 aromatic heterocycles. The summed E-state index contributed by atoms with van der Waals surface area (Å²) in [5.41, 5.74) is 2.04. The smallest absolute Gasteiger partial charge is 0.252 e. The van der Waals surface area contributed by atoms with Crippen molar-refractivity contribution in [1.82, 2.24) is 34.8 Å². The number of nitrogens with one attached hydrogen (secondary N) is 1. The predicted molar refractivity (Wildman–Crippen MR) is 83.9 cm³/mol. The maximum absolute atomic E-state index is 5.13. The number of hydrogen-bond donors (Lipinski definition) is 1. The van der Waals surface area contributed by atoms with E-state index in [-0.39, 0.29) is 0 Å². The minimum atomic E-state index is 0.310. The van der Waals surface area contributed by atoms with E-state index in [1.54, 1.807) is 13.3 Å². The second-order valence-corrected chi connectivity index (χ2v) is 5.69. The molecule has 0 saturated carbocycles. The van der Waals surface area contributed by atoms with Gasteiger partial charge in [0, 0.05) is 32.6 Å². The van der Waals surface area contributed by atoms with Crippen LogP contribution in [-0.2, 0) is 31.0 Å². The summed E-state index contributed by atoms with van der Waals surface area (Å²) in [6.07, 6.45) is 4.73. The SMILES string of the molecule is COCc1nc(Cn2ccnc2-c2cc3n(n2)CCCNC3)no1. The van der Waals surface area contributed by atoms with Crippen molar-refractivity contribution in [3.8, 4) is 11.5 Å². The lowest BCUT2D eigenvalue weighted by Gasteiger charge is -2.03. The van der Waals surface area contributed by atoms with Gasteiger partial charge in [0.15, 0.2) is 11.6 Å². The highest BCUT2D eigenvalue weighted by atomic mass is 16.5. The van der Waals surface area contributed by atoms with Gasteiger partial charge in [0.1, 0.15) is 12.3 Å². The molecule has 24 heavy (non-hydrogen) atoms. The molecular formula is C15H19N7O2. The Morgan fingerprint density at radius 3 is 3.29 bits per heavy atom. The van der Waals surface area contributed by atoms with E-state index in [1.807, 2.05) is 10.8 Å². The quantitative estimate of drug-likeness (QED) is 0.740. The fourth-order valence-corrected chi connectivity index (χ4v) is 2.83. The van der Waals surface area contributed by atoms with Crippen LogP contribution in [0.1, 0.15) is 23.8 Å². The molecule has 0 aliphatic carbocycles. The molecule has 0 unspecified atom stereocenters. The molecule has 1 N–H and O–H groups in total. The zero-order valence-corrected chi connectivity index (χ0v) is 13.5. The average Bonchev–Trinajstić information content (AvgIpc) is 3.27. The Bertz CT molecular complexity index is 796. The molecule has 0 saturated heterocycles. The first-order chi connectivity index (χ1) is 11.8. The molecule has 1 aliphatic heterocycles. The highest BCUT2D eigenvalue weighted by Crippen LogP contribution is 2.19. The molecule has 3 aromatic rings. The summed E-state index contributed by atoms with van der Waals surface area (Å²) < 4.78 is 14.1. The highest BCUT2D eigenvalue weighted by molar-refractivity contribution is 5.50. The van der Waals surface area contributed by atoms with Gasteiger partial charge in [0.05, 0.1) is 12.2 Å². The number of methoxy groups -OCH3 is 1. The number of aryl methyl sites for hydroxylation is 1. The zero-order valence-electron chi connectivity index (χ0n) is 13.5. The molecule has 4 rings (SSSR count). The van der Waals surface area contributed by atoms with Gasteiger partial charge in [-0.2, -0.15) is 10.1 Å². The fourth-order valence-electron chi connectivity index (χ4n) is 2.83. The van der Waals surface area contributed by atoms with Gasteiger partial charge in [0.25, 0.3) is 5.89 Å². The first kappa shape index (κ1) is 15.0. The molecule has 0 fully saturated rings. The Balaban J connectivity index is 1.58. The maximum Gasteiger partial charge on any atom is 0.252 e. The van der Waals surface area contributed by atoms with Crippen LogP contribution in [0.5, 0.6) is 0 Å². The van der Waals surface area contributed by atoms with E-state index >= 15 is 0 Å². The Labute approximate surface area is 138 Å². The van der Waals surface area contributed by atoms with Crippen LogP contribution < -0.4 is 5.32 Å². The third-order valence-electron chi connectivity index (χ3n) is 3.93. The van der Waals surface area contributed by atoms with E-state index in [0.29, 0.717) is 24.9 Å². The molecule has 0 spiro atoms. The second kappa shape index (κ2) is 6.54. The third-order valence-corrected chi connectivity index (χ3v) is 3.93. The molecule has 4 heterocycles. The lowest BCUT2D eigenvalue weighted by molar-refractivity contribution is 0.151. The number of nitrogens with zero attached hydrogens (tertiary/aromatic N) is 6.